The van der Waals surface area contributed by atoms with E-state index in [1.54, 1.807) is 11.3 Å². The first-order valence-corrected chi connectivity index (χ1v) is 7.14. The van der Waals surface area contributed by atoms with Gasteiger partial charge in [0.05, 0.1) is 6.42 Å². The first-order chi connectivity index (χ1) is 8.74. The van der Waals surface area contributed by atoms with Crippen molar-refractivity contribution in [1.82, 2.24) is 5.32 Å². The summed E-state index contributed by atoms with van der Waals surface area (Å²) in [6, 6.07) is 2.15. The molecule has 2 rings (SSSR count). The Labute approximate surface area is 110 Å². The molecule has 4 nitrogen and oxygen atoms in total. The van der Waals surface area contributed by atoms with Crippen LogP contribution in [-0.2, 0) is 20.7 Å². The number of carbonyl (C=O) groups is 2. The average Bonchev–Trinajstić information content (AvgIpc) is 2.99. The molecule has 1 aliphatic rings. The maximum Gasteiger partial charge on any atom is 0.310 e. The van der Waals surface area contributed by atoms with E-state index >= 15 is 0 Å². The van der Waals surface area contributed by atoms with Crippen LogP contribution in [-0.4, -0.2) is 24.5 Å². The molecular formula is C13H17NO3S. The molecule has 0 atom stereocenters. The van der Waals surface area contributed by atoms with Crippen molar-refractivity contribution < 1.29 is 14.3 Å². The van der Waals surface area contributed by atoms with Gasteiger partial charge in [-0.05, 0) is 35.2 Å². The van der Waals surface area contributed by atoms with E-state index in [0.717, 1.165) is 18.4 Å². The van der Waals surface area contributed by atoms with Gasteiger partial charge in [-0.2, -0.15) is 11.3 Å². The van der Waals surface area contributed by atoms with Crippen LogP contribution in [0.1, 0.15) is 31.2 Å². The highest BCUT2D eigenvalue weighted by Gasteiger charge is 2.17. The minimum Gasteiger partial charge on any atom is -0.455 e. The van der Waals surface area contributed by atoms with E-state index < -0.39 is 0 Å². The lowest BCUT2D eigenvalue weighted by atomic mass is 10.2. The summed E-state index contributed by atoms with van der Waals surface area (Å²) in [5.74, 6) is -0.546. The zero-order chi connectivity index (χ0) is 12.8. The summed E-state index contributed by atoms with van der Waals surface area (Å²) >= 11 is 1.54. The zero-order valence-corrected chi connectivity index (χ0v) is 11.0. The second kappa shape index (κ2) is 6.54. The summed E-state index contributed by atoms with van der Waals surface area (Å²) in [5, 5.41) is 6.69. The van der Waals surface area contributed by atoms with Gasteiger partial charge < -0.3 is 10.1 Å². The summed E-state index contributed by atoms with van der Waals surface area (Å²) in [7, 11) is 0. The normalized spacial score (nSPS) is 15.6. The predicted molar refractivity (Wildman–Crippen MR) is 69.4 cm³/mol. The maximum atomic E-state index is 11.5. The largest absolute Gasteiger partial charge is 0.455 e. The Morgan fingerprint density at radius 1 is 1.39 bits per heavy atom. The minimum absolute atomic E-state index is 0.167. The van der Waals surface area contributed by atoms with E-state index in [2.05, 4.69) is 5.32 Å². The lowest BCUT2D eigenvalue weighted by Gasteiger charge is -2.11. The Hall–Kier alpha value is -1.36. The summed E-state index contributed by atoms with van der Waals surface area (Å²) < 4.78 is 4.94. The van der Waals surface area contributed by atoms with Gasteiger partial charge in [-0.25, -0.2) is 0 Å². The van der Waals surface area contributed by atoms with Crippen LogP contribution in [0, 0.1) is 0 Å². The summed E-state index contributed by atoms with van der Waals surface area (Å²) in [4.78, 5) is 23.0. The number of ether oxygens (including phenoxy) is 1. The molecule has 0 saturated heterocycles. The summed E-state index contributed by atoms with van der Waals surface area (Å²) in [5.41, 5.74) is 0.932. The quantitative estimate of drug-likeness (QED) is 0.829. The van der Waals surface area contributed by atoms with E-state index in [4.69, 9.17) is 4.74 Å². The van der Waals surface area contributed by atoms with Gasteiger partial charge in [0.2, 0.25) is 0 Å². The fourth-order valence-electron chi connectivity index (χ4n) is 2.10. The van der Waals surface area contributed by atoms with Crippen LogP contribution in [0.15, 0.2) is 16.8 Å². The highest BCUT2D eigenvalue weighted by molar-refractivity contribution is 7.07. The molecule has 1 amide bonds. The Balaban J connectivity index is 1.64. The third kappa shape index (κ3) is 4.14. The second-order valence-electron chi connectivity index (χ2n) is 4.52. The smallest absolute Gasteiger partial charge is 0.310 e. The van der Waals surface area contributed by atoms with Gasteiger partial charge in [0.15, 0.2) is 6.61 Å². The molecule has 0 spiro atoms. The van der Waals surface area contributed by atoms with Crippen LogP contribution < -0.4 is 5.32 Å². The molecule has 98 valence electrons. The predicted octanol–water partition coefficient (Wildman–Crippen LogP) is 1.89. The molecule has 1 fully saturated rings. The second-order valence-corrected chi connectivity index (χ2v) is 5.30. The zero-order valence-electron chi connectivity index (χ0n) is 10.2. The highest BCUT2D eigenvalue weighted by atomic mass is 32.1. The van der Waals surface area contributed by atoms with Crippen molar-refractivity contribution in [3.8, 4) is 0 Å². The molecule has 0 radical (unpaired) electrons. The topological polar surface area (TPSA) is 55.4 Å². The van der Waals surface area contributed by atoms with Crippen molar-refractivity contribution in [2.24, 2.45) is 0 Å². The van der Waals surface area contributed by atoms with Gasteiger partial charge in [0.1, 0.15) is 0 Å². The van der Waals surface area contributed by atoms with Crippen molar-refractivity contribution in [1.29, 1.82) is 0 Å². The lowest BCUT2D eigenvalue weighted by molar-refractivity contribution is -0.148. The number of rotatable bonds is 5. The molecule has 1 aliphatic carbocycles. The van der Waals surface area contributed by atoms with Crippen molar-refractivity contribution in [2.75, 3.05) is 6.61 Å². The maximum absolute atomic E-state index is 11.5. The van der Waals surface area contributed by atoms with E-state index in [1.807, 2.05) is 16.8 Å². The van der Waals surface area contributed by atoms with E-state index in [0.29, 0.717) is 0 Å². The highest BCUT2D eigenvalue weighted by Crippen LogP contribution is 2.17. The number of carbonyl (C=O) groups excluding carboxylic acids is 2. The molecule has 0 bridgehead atoms. The SMILES string of the molecule is O=C(COC(=O)Cc1ccsc1)NC1CCCC1. The molecule has 1 saturated carbocycles. The summed E-state index contributed by atoms with van der Waals surface area (Å²) in [6.45, 7) is -0.167. The fourth-order valence-corrected chi connectivity index (χ4v) is 2.77. The van der Waals surface area contributed by atoms with Crippen LogP contribution in [0.3, 0.4) is 0 Å². The Bertz CT molecular complexity index is 396. The molecule has 0 aliphatic heterocycles. The van der Waals surface area contributed by atoms with Gasteiger partial charge in [0.25, 0.3) is 5.91 Å². The summed E-state index contributed by atoms with van der Waals surface area (Å²) in [6.07, 6.45) is 4.65. The van der Waals surface area contributed by atoms with E-state index in [1.165, 1.54) is 12.8 Å². The van der Waals surface area contributed by atoms with Gasteiger partial charge in [-0.15, -0.1) is 0 Å². The molecule has 1 N–H and O–H groups in total. The molecular weight excluding hydrogens is 250 g/mol. The number of esters is 1. The molecule has 18 heavy (non-hydrogen) atoms. The molecule has 0 unspecified atom stereocenters. The van der Waals surface area contributed by atoms with Crippen molar-refractivity contribution >= 4 is 23.2 Å². The number of nitrogens with one attached hydrogen (secondary N) is 1. The van der Waals surface area contributed by atoms with Crippen LogP contribution in [0.5, 0.6) is 0 Å². The molecule has 1 heterocycles. The number of hydrogen-bond donors (Lipinski definition) is 1. The van der Waals surface area contributed by atoms with Gasteiger partial charge in [-0.1, -0.05) is 12.8 Å². The van der Waals surface area contributed by atoms with Crippen molar-refractivity contribution in [2.45, 2.75) is 38.1 Å². The fraction of sp³-hybridized carbons (Fsp3) is 0.538. The standard InChI is InChI=1S/C13H17NO3S/c15-12(14-11-3-1-2-4-11)8-17-13(16)7-10-5-6-18-9-10/h5-6,9,11H,1-4,7-8H2,(H,14,15). The van der Waals surface area contributed by atoms with Gasteiger partial charge >= 0.3 is 5.97 Å². The van der Waals surface area contributed by atoms with Gasteiger partial charge in [0, 0.05) is 6.04 Å². The Morgan fingerprint density at radius 3 is 2.83 bits per heavy atom. The number of amides is 1. The number of hydrogen-bond acceptors (Lipinski definition) is 4. The molecule has 0 aromatic carbocycles. The third-order valence-corrected chi connectivity index (χ3v) is 3.75. The number of thiophene rings is 1. The van der Waals surface area contributed by atoms with Crippen LogP contribution in [0.25, 0.3) is 0 Å². The van der Waals surface area contributed by atoms with Crippen LogP contribution >= 0.6 is 11.3 Å². The van der Waals surface area contributed by atoms with Crippen molar-refractivity contribution in [3.05, 3.63) is 22.4 Å². The Kier molecular flexibility index (Phi) is 4.75. The van der Waals surface area contributed by atoms with Crippen molar-refractivity contribution in [3.63, 3.8) is 0 Å². The van der Waals surface area contributed by atoms with E-state index in [9.17, 15) is 9.59 Å². The monoisotopic (exact) mass is 267 g/mol. The molecule has 1 aromatic rings. The molecule has 5 heteroatoms. The Morgan fingerprint density at radius 2 is 2.17 bits per heavy atom. The molecule has 1 aromatic heterocycles. The first kappa shape index (κ1) is 13.1. The van der Waals surface area contributed by atoms with E-state index in [-0.39, 0.29) is 30.9 Å². The van der Waals surface area contributed by atoms with Crippen LogP contribution in [0.2, 0.25) is 0 Å². The lowest BCUT2D eigenvalue weighted by Crippen LogP contribution is -2.36. The van der Waals surface area contributed by atoms with Crippen LogP contribution in [0.4, 0.5) is 0 Å². The average molecular weight is 267 g/mol. The van der Waals surface area contributed by atoms with Gasteiger partial charge in [-0.3, -0.25) is 9.59 Å². The minimum atomic E-state index is -0.352. The first-order valence-electron chi connectivity index (χ1n) is 6.20. The third-order valence-electron chi connectivity index (χ3n) is 3.01.